The molecular formula is C13H23N5O. The number of hydrogen-bond acceptors (Lipinski definition) is 5. The van der Waals surface area contributed by atoms with Crippen LogP contribution in [-0.4, -0.2) is 29.0 Å². The Morgan fingerprint density at radius 2 is 1.84 bits per heavy atom. The molecule has 0 saturated carbocycles. The first-order valence-electron chi connectivity index (χ1n) is 6.60. The number of carbonyl (C=O) groups is 1. The molecule has 1 heterocycles. The number of anilines is 2. The third kappa shape index (κ3) is 4.39. The van der Waals surface area contributed by atoms with E-state index in [1.807, 2.05) is 20.8 Å². The van der Waals surface area contributed by atoms with Crippen molar-refractivity contribution in [1.82, 2.24) is 9.97 Å². The van der Waals surface area contributed by atoms with Crippen LogP contribution in [0.5, 0.6) is 0 Å². The van der Waals surface area contributed by atoms with Crippen molar-refractivity contribution in [1.29, 1.82) is 0 Å². The summed E-state index contributed by atoms with van der Waals surface area (Å²) >= 11 is 0. The van der Waals surface area contributed by atoms with Gasteiger partial charge in [-0.15, -0.1) is 0 Å². The first-order valence-corrected chi connectivity index (χ1v) is 6.60. The minimum absolute atomic E-state index is 0.0720. The lowest BCUT2D eigenvalue weighted by molar-refractivity contribution is -0.116. The molecule has 0 saturated heterocycles. The van der Waals surface area contributed by atoms with Crippen molar-refractivity contribution in [2.75, 3.05) is 23.7 Å². The number of nitrogens with one attached hydrogen (secondary N) is 2. The molecule has 0 unspecified atom stereocenters. The molecule has 0 aliphatic rings. The lowest BCUT2D eigenvalue weighted by Crippen LogP contribution is -2.23. The largest absolute Gasteiger partial charge is 0.370 e. The molecule has 0 aromatic carbocycles. The average molecular weight is 265 g/mol. The number of nitrogens with zero attached hydrogens (tertiary/aromatic N) is 2. The molecule has 1 rings (SSSR count). The highest BCUT2D eigenvalue weighted by Crippen LogP contribution is 2.22. The summed E-state index contributed by atoms with van der Waals surface area (Å²) in [7, 11) is 0. The van der Waals surface area contributed by atoms with E-state index < -0.39 is 5.91 Å². The molecule has 0 atom stereocenters. The van der Waals surface area contributed by atoms with Crippen molar-refractivity contribution in [2.24, 2.45) is 5.73 Å². The number of aromatic nitrogens is 2. The normalized spacial score (nSPS) is 10.6. The maximum Gasteiger partial charge on any atom is 0.236 e. The Morgan fingerprint density at radius 3 is 2.32 bits per heavy atom. The number of hydrogen-bond donors (Lipinski definition) is 3. The standard InChI is InChI=1S/C13H23N5O/c1-5-6-15-12-9(4)13(16-7-10(14)19)18-11(17-12)8(2)3/h8H,5-7H2,1-4H3,(H2,14,19)(H2,15,16,17,18). The summed E-state index contributed by atoms with van der Waals surface area (Å²) in [5.74, 6) is 2.03. The summed E-state index contributed by atoms with van der Waals surface area (Å²) in [6.45, 7) is 9.01. The van der Waals surface area contributed by atoms with Gasteiger partial charge in [0.25, 0.3) is 0 Å². The van der Waals surface area contributed by atoms with E-state index in [1.165, 1.54) is 0 Å². The molecule has 19 heavy (non-hydrogen) atoms. The SMILES string of the molecule is CCCNc1nc(C(C)C)nc(NCC(N)=O)c1C. The number of carbonyl (C=O) groups excluding carboxylic acids is 1. The van der Waals surface area contributed by atoms with Gasteiger partial charge in [0.15, 0.2) is 0 Å². The van der Waals surface area contributed by atoms with Crippen molar-refractivity contribution in [3.05, 3.63) is 11.4 Å². The number of amides is 1. The molecule has 0 aliphatic carbocycles. The maximum absolute atomic E-state index is 10.9. The predicted molar refractivity (Wildman–Crippen MR) is 77.3 cm³/mol. The average Bonchev–Trinajstić information content (AvgIpc) is 2.35. The number of nitrogens with two attached hydrogens (primary N) is 1. The molecule has 106 valence electrons. The minimum Gasteiger partial charge on any atom is -0.370 e. The topological polar surface area (TPSA) is 92.9 Å². The maximum atomic E-state index is 10.9. The fraction of sp³-hybridized carbons (Fsp3) is 0.615. The van der Waals surface area contributed by atoms with Crippen molar-refractivity contribution < 1.29 is 4.79 Å². The van der Waals surface area contributed by atoms with E-state index in [1.54, 1.807) is 0 Å². The zero-order valence-electron chi connectivity index (χ0n) is 12.1. The van der Waals surface area contributed by atoms with E-state index in [0.717, 1.165) is 30.2 Å². The van der Waals surface area contributed by atoms with E-state index in [-0.39, 0.29) is 12.5 Å². The summed E-state index contributed by atoms with van der Waals surface area (Å²) in [4.78, 5) is 19.8. The Balaban J connectivity index is 3.05. The van der Waals surface area contributed by atoms with Gasteiger partial charge in [0.05, 0.1) is 6.54 Å². The lowest BCUT2D eigenvalue weighted by atomic mass is 10.2. The van der Waals surface area contributed by atoms with E-state index in [0.29, 0.717) is 5.82 Å². The molecule has 1 aromatic rings. The minimum atomic E-state index is -0.410. The van der Waals surface area contributed by atoms with E-state index in [4.69, 9.17) is 5.73 Å². The molecule has 0 bridgehead atoms. The highest BCUT2D eigenvalue weighted by molar-refractivity contribution is 5.79. The summed E-state index contributed by atoms with van der Waals surface area (Å²) in [6, 6.07) is 0. The van der Waals surface area contributed by atoms with Crippen LogP contribution in [0.25, 0.3) is 0 Å². The van der Waals surface area contributed by atoms with Crippen molar-refractivity contribution >= 4 is 17.5 Å². The van der Waals surface area contributed by atoms with Gasteiger partial charge < -0.3 is 16.4 Å². The Labute approximate surface area is 114 Å². The van der Waals surface area contributed by atoms with Crippen LogP contribution < -0.4 is 16.4 Å². The van der Waals surface area contributed by atoms with Gasteiger partial charge in [-0.25, -0.2) is 9.97 Å². The Kier molecular flexibility index (Phi) is 5.54. The van der Waals surface area contributed by atoms with Crippen molar-refractivity contribution in [3.8, 4) is 0 Å². The fourth-order valence-corrected chi connectivity index (χ4v) is 1.55. The summed E-state index contributed by atoms with van der Waals surface area (Å²) in [5, 5.41) is 6.24. The molecule has 0 spiro atoms. The molecule has 4 N–H and O–H groups in total. The van der Waals surface area contributed by atoms with E-state index in [2.05, 4.69) is 27.5 Å². The van der Waals surface area contributed by atoms with Gasteiger partial charge in [-0.3, -0.25) is 4.79 Å². The molecule has 0 aliphatic heterocycles. The summed E-state index contributed by atoms with van der Waals surface area (Å²) < 4.78 is 0. The Hall–Kier alpha value is -1.85. The van der Waals surface area contributed by atoms with Crippen LogP contribution in [0, 0.1) is 6.92 Å². The number of rotatable bonds is 7. The van der Waals surface area contributed by atoms with Crippen molar-refractivity contribution in [2.45, 2.75) is 40.0 Å². The van der Waals surface area contributed by atoms with Gasteiger partial charge in [0.1, 0.15) is 17.5 Å². The van der Waals surface area contributed by atoms with Crippen LogP contribution in [0.4, 0.5) is 11.6 Å². The third-order valence-corrected chi connectivity index (χ3v) is 2.65. The fourth-order valence-electron chi connectivity index (χ4n) is 1.55. The monoisotopic (exact) mass is 265 g/mol. The summed E-state index contributed by atoms with van der Waals surface area (Å²) in [6.07, 6.45) is 1.02. The van der Waals surface area contributed by atoms with Crippen molar-refractivity contribution in [3.63, 3.8) is 0 Å². The summed E-state index contributed by atoms with van der Waals surface area (Å²) in [5.41, 5.74) is 6.05. The van der Waals surface area contributed by atoms with Crippen LogP contribution in [0.3, 0.4) is 0 Å². The molecule has 6 heteroatoms. The van der Waals surface area contributed by atoms with Gasteiger partial charge in [-0.05, 0) is 13.3 Å². The van der Waals surface area contributed by atoms with Crippen LogP contribution in [0.1, 0.15) is 44.5 Å². The molecule has 0 fully saturated rings. The van der Waals surface area contributed by atoms with Crippen LogP contribution in [0.2, 0.25) is 0 Å². The predicted octanol–water partition coefficient (Wildman–Crippen LogP) is 1.63. The van der Waals surface area contributed by atoms with Gasteiger partial charge >= 0.3 is 0 Å². The zero-order chi connectivity index (χ0) is 14.4. The number of primary amides is 1. The van der Waals surface area contributed by atoms with Crippen LogP contribution in [0.15, 0.2) is 0 Å². The smallest absolute Gasteiger partial charge is 0.236 e. The van der Waals surface area contributed by atoms with Gasteiger partial charge in [-0.1, -0.05) is 20.8 Å². The highest BCUT2D eigenvalue weighted by atomic mass is 16.1. The zero-order valence-corrected chi connectivity index (χ0v) is 12.1. The second kappa shape index (κ2) is 6.92. The Bertz CT molecular complexity index is 445. The first kappa shape index (κ1) is 15.2. The van der Waals surface area contributed by atoms with E-state index in [9.17, 15) is 4.79 Å². The van der Waals surface area contributed by atoms with Crippen LogP contribution >= 0.6 is 0 Å². The van der Waals surface area contributed by atoms with E-state index >= 15 is 0 Å². The quantitative estimate of drug-likeness (QED) is 0.696. The highest BCUT2D eigenvalue weighted by Gasteiger charge is 2.13. The lowest BCUT2D eigenvalue weighted by Gasteiger charge is -2.15. The second-order valence-corrected chi connectivity index (χ2v) is 4.81. The molecule has 1 aromatic heterocycles. The van der Waals surface area contributed by atoms with Gasteiger partial charge in [0.2, 0.25) is 5.91 Å². The Morgan fingerprint density at radius 1 is 1.26 bits per heavy atom. The molecule has 6 nitrogen and oxygen atoms in total. The molecule has 1 amide bonds. The molecular weight excluding hydrogens is 242 g/mol. The first-order chi connectivity index (χ1) is 8.95. The molecule has 0 radical (unpaired) electrons. The van der Waals surface area contributed by atoms with Gasteiger partial charge in [-0.2, -0.15) is 0 Å². The van der Waals surface area contributed by atoms with Gasteiger partial charge in [0, 0.05) is 18.0 Å². The third-order valence-electron chi connectivity index (χ3n) is 2.65. The van der Waals surface area contributed by atoms with Crippen LogP contribution in [-0.2, 0) is 4.79 Å². The second-order valence-electron chi connectivity index (χ2n) is 4.81.